The molecule has 6 aromatic carbocycles. The van der Waals surface area contributed by atoms with Crippen LogP contribution in [0, 0.1) is 27.7 Å². The highest BCUT2D eigenvalue weighted by Gasteiger charge is 2.45. The van der Waals surface area contributed by atoms with Gasteiger partial charge in [0.25, 0.3) is 0 Å². The average Bonchev–Trinajstić information content (AvgIpc) is 3.48. The van der Waals surface area contributed by atoms with Crippen LogP contribution in [-0.2, 0) is 14.9 Å². The van der Waals surface area contributed by atoms with E-state index in [9.17, 15) is 9.59 Å². The molecule has 1 aliphatic carbocycles. The Balaban J connectivity index is 1.07. The van der Waals surface area contributed by atoms with E-state index in [2.05, 4.69) is 72.8 Å². The van der Waals surface area contributed by atoms with E-state index in [0.717, 1.165) is 33.4 Å². The fraction of sp³-hybridized carbons (Fsp3) is 0.191. The minimum absolute atomic E-state index is 0.140. The summed E-state index contributed by atoms with van der Waals surface area (Å²) in [6.45, 7) is 8.74. The predicted molar refractivity (Wildman–Crippen MR) is 207 cm³/mol. The van der Waals surface area contributed by atoms with Crippen molar-refractivity contribution in [2.24, 2.45) is 0 Å². The molecule has 0 fully saturated rings. The van der Waals surface area contributed by atoms with Crippen molar-refractivity contribution in [3.8, 4) is 22.6 Å². The molecular weight excluding hydrogens is 661 g/mol. The van der Waals surface area contributed by atoms with Gasteiger partial charge in [0.15, 0.2) is 0 Å². The van der Waals surface area contributed by atoms with Crippen LogP contribution in [0.3, 0.4) is 0 Å². The Labute approximate surface area is 311 Å². The van der Waals surface area contributed by atoms with Gasteiger partial charge in [-0.3, -0.25) is 0 Å². The number of hydrogen-bond donors (Lipinski definition) is 0. The molecule has 0 spiro atoms. The van der Waals surface area contributed by atoms with Crippen molar-refractivity contribution in [2.75, 3.05) is 26.4 Å². The molecule has 7 rings (SSSR count). The molecular formula is C47H42O6. The zero-order chi connectivity index (χ0) is 37.0. The SMILES string of the molecule is Cc1ccc(C(=O)OCCOc2ccc(C3(c4ccc(OCCOC(=O)c5ccc(C)c(C)c5)cc4)c4ccccc4-c4ccccc43)cc2)cc1C. The molecule has 6 heteroatoms. The topological polar surface area (TPSA) is 71.1 Å². The molecule has 53 heavy (non-hydrogen) atoms. The van der Waals surface area contributed by atoms with E-state index in [1.54, 1.807) is 12.1 Å². The second-order valence-electron chi connectivity index (χ2n) is 13.5. The zero-order valence-corrected chi connectivity index (χ0v) is 30.5. The van der Waals surface area contributed by atoms with Gasteiger partial charge in [-0.2, -0.15) is 0 Å². The van der Waals surface area contributed by atoms with E-state index < -0.39 is 5.41 Å². The molecule has 0 bridgehead atoms. The molecule has 0 aliphatic heterocycles. The number of ether oxygens (including phenoxy) is 4. The van der Waals surface area contributed by atoms with Gasteiger partial charge in [-0.15, -0.1) is 0 Å². The smallest absolute Gasteiger partial charge is 0.338 e. The molecule has 0 saturated carbocycles. The van der Waals surface area contributed by atoms with Gasteiger partial charge in [0.2, 0.25) is 0 Å². The lowest BCUT2D eigenvalue weighted by atomic mass is 9.68. The van der Waals surface area contributed by atoms with E-state index >= 15 is 0 Å². The van der Waals surface area contributed by atoms with E-state index in [1.165, 1.54) is 22.3 Å². The number of rotatable bonds is 12. The summed E-state index contributed by atoms with van der Waals surface area (Å²) in [5, 5.41) is 0. The van der Waals surface area contributed by atoms with E-state index in [0.29, 0.717) is 22.6 Å². The van der Waals surface area contributed by atoms with Gasteiger partial charge in [0.05, 0.1) is 16.5 Å². The Kier molecular flexibility index (Phi) is 10.1. The normalized spacial score (nSPS) is 12.4. The largest absolute Gasteiger partial charge is 0.490 e. The molecule has 0 atom stereocenters. The minimum Gasteiger partial charge on any atom is -0.490 e. The molecule has 0 radical (unpaired) electrons. The Morgan fingerprint density at radius 2 is 0.849 bits per heavy atom. The maximum atomic E-state index is 12.6. The van der Waals surface area contributed by atoms with Crippen molar-refractivity contribution in [1.82, 2.24) is 0 Å². The van der Waals surface area contributed by atoms with Crippen LogP contribution < -0.4 is 9.47 Å². The fourth-order valence-corrected chi connectivity index (χ4v) is 7.12. The number of carbonyl (C=O) groups excluding carboxylic acids is 2. The molecule has 6 aromatic rings. The average molecular weight is 703 g/mol. The van der Waals surface area contributed by atoms with Gasteiger partial charge in [-0.05, 0) is 132 Å². The van der Waals surface area contributed by atoms with E-state index in [-0.39, 0.29) is 38.4 Å². The van der Waals surface area contributed by atoms with Crippen molar-refractivity contribution in [1.29, 1.82) is 0 Å². The molecule has 0 unspecified atom stereocenters. The zero-order valence-electron chi connectivity index (χ0n) is 30.5. The Morgan fingerprint density at radius 3 is 1.25 bits per heavy atom. The van der Waals surface area contributed by atoms with Crippen LogP contribution in [0.25, 0.3) is 11.1 Å². The van der Waals surface area contributed by atoms with E-state index in [1.807, 2.05) is 76.2 Å². The number of fused-ring (bicyclic) bond motifs is 3. The van der Waals surface area contributed by atoms with Crippen LogP contribution in [0.15, 0.2) is 133 Å². The van der Waals surface area contributed by atoms with Gasteiger partial charge < -0.3 is 18.9 Å². The maximum Gasteiger partial charge on any atom is 0.338 e. The quantitative estimate of drug-likeness (QED) is 0.0933. The molecule has 0 amide bonds. The lowest BCUT2D eigenvalue weighted by Crippen LogP contribution is -2.28. The van der Waals surface area contributed by atoms with Crippen molar-refractivity contribution >= 4 is 11.9 Å². The van der Waals surface area contributed by atoms with Crippen LogP contribution in [0.2, 0.25) is 0 Å². The third kappa shape index (κ3) is 7.05. The summed E-state index contributed by atoms with van der Waals surface area (Å²) in [7, 11) is 0. The summed E-state index contributed by atoms with van der Waals surface area (Å²) >= 11 is 0. The lowest BCUT2D eigenvalue weighted by Gasteiger charge is -2.34. The standard InChI is InChI=1S/C47H42O6/c1-31-13-15-35(29-33(31)3)45(48)52-27-25-50-39-21-17-37(18-22-39)47(43-11-7-5-9-41(43)42-10-6-8-12-44(42)47)38-19-23-40(24-20-38)51-26-28-53-46(49)36-16-14-32(2)34(4)30-36/h5-24,29-30H,25-28H2,1-4H3. The predicted octanol–water partition coefficient (Wildman–Crippen LogP) is 9.75. The van der Waals surface area contributed by atoms with Crippen LogP contribution in [0.4, 0.5) is 0 Å². The fourth-order valence-electron chi connectivity index (χ4n) is 7.12. The molecule has 0 N–H and O–H groups in total. The second kappa shape index (κ2) is 15.2. The summed E-state index contributed by atoms with van der Waals surface area (Å²) in [5.74, 6) is 0.654. The molecule has 0 heterocycles. The third-order valence-corrected chi connectivity index (χ3v) is 10.2. The summed E-state index contributed by atoms with van der Waals surface area (Å²) in [5.41, 5.74) is 11.8. The Hall–Kier alpha value is -6.14. The highest BCUT2D eigenvalue weighted by molar-refractivity contribution is 5.90. The van der Waals surface area contributed by atoms with Gasteiger partial charge in [0.1, 0.15) is 37.9 Å². The van der Waals surface area contributed by atoms with Gasteiger partial charge in [0, 0.05) is 0 Å². The monoisotopic (exact) mass is 702 g/mol. The highest BCUT2D eigenvalue weighted by atomic mass is 16.6. The van der Waals surface area contributed by atoms with Gasteiger partial charge in [-0.1, -0.05) is 84.9 Å². The first-order chi connectivity index (χ1) is 25.8. The highest BCUT2D eigenvalue weighted by Crippen LogP contribution is 2.56. The first-order valence-electron chi connectivity index (χ1n) is 17.9. The van der Waals surface area contributed by atoms with Crippen LogP contribution in [0.5, 0.6) is 11.5 Å². The van der Waals surface area contributed by atoms with Crippen molar-refractivity contribution in [2.45, 2.75) is 33.1 Å². The number of hydrogen-bond acceptors (Lipinski definition) is 6. The summed E-state index contributed by atoms with van der Waals surface area (Å²) in [6, 6.07) is 44.6. The Bertz CT molecular complexity index is 2110. The molecule has 1 aliphatic rings. The number of esters is 2. The third-order valence-electron chi connectivity index (χ3n) is 10.2. The lowest BCUT2D eigenvalue weighted by molar-refractivity contribution is 0.0442. The van der Waals surface area contributed by atoms with Gasteiger partial charge >= 0.3 is 11.9 Å². The maximum absolute atomic E-state index is 12.6. The number of carbonyl (C=O) groups is 2. The number of aryl methyl sites for hydroxylation is 4. The first kappa shape index (κ1) is 35.3. The summed E-state index contributed by atoms with van der Waals surface area (Å²) < 4.78 is 23.0. The van der Waals surface area contributed by atoms with Crippen molar-refractivity contribution in [3.63, 3.8) is 0 Å². The minimum atomic E-state index is -0.590. The van der Waals surface area contributed by atoms with Crippen LogP contribution in [-0.4, -0.2) is 38.4 Å². The van der Waals surface area contributed by atoms with Crippen LogP contribution in [0.1, 0.15) is 65.2 Å². The molecule has 0 aromatic heterocycles. The Morgan fingerprint density at radius 1 is 0.453 bits per heavy atom. The van der Waals surface area contributed by atoms with Crippen molar-refractivity contribution in [3.05, 3.63) is 189 Å². The molecule has 6 nitrogen and oxygen atoms in total. The molecule has 266 valence electrons. The van der Waals surface area contributed by atoms with E-state index in [4.69, 9.17) is 18.9 Å². The summed E-state index contributed by atoms with van der Waals surface area (Å²) in [4.78, 5) is 25.1. The first-order valence-corrected chi connectivity index (χ1v) is 17.9. The van der Waals surface area contributed by atoms with Crippen LogP contribution >= 0.6 is 0 Å². The number of benzene rings is 6. The second-order valence-corrected chi connectivity index (χ2v) is 13.5. The molecule has 0 saturated heterocycles. The van der Waals surface area contributed by atoms with Gasteiger partial charge in [-0.25, -0.2) is 9.59 Å². The summed E-state index contributed by atoms with van der Waals surface area (Å²) in [6.07, 6.45) is 0. The van der Waals surface area contributed by atoms with Crippen molar-refractivity contribution < 1.29 is 28.5 Å².